The summed E-state index contributed by atoms with van der Waals surface area (Å²) in [6, 6.07) is 21.0. The molecule has 1 heteroatoms. The Hall–Kier alpha value is -2.85. The average molecular weight is 311 g/mol. The molecule has 0 heterocycles. The van der Waals surface area contributed by atoms with E-state index in [0.29, 0.717) is 5.56 Å². The fraction of sp³-hybridized carbons (Fsp3) is 0.174. The number of nitrogens with zero attached hydrogens (tertiary/aromatic N) is 1. The van der Waals surface area contributed by atoms with Crippen LogP contribution in [-0.2, 0) is 0 Å². The highest BCUT2D eigenvalue weighted by Gasteiger charge is 2.09. The summed E-state index contributed by atoms with van der Waals surface area (Å²) >= 11 is 0. The molecule has 0 fully saturated rings. The molecule has 0 N–H and O–H groups in total. The Morgan fingerprint density at radius 3 is 1.88 bits per heavy atom. The molecule has 118 valence electrons. The van der Waals surface area contributed by atoms with Crippen molar-refractivity contribution >= 4 is 0 Å². The summed E-state index contributed by atoms with van der Waals surface area (Å²) in [5.74, 6) is 0. The van der Waals surface area contributed by atoms with E-state index in [1.54, 1.807) is 0 Å². The molecule has 0 aliphatic heterocycles. The van der Waals surface area contributed by atoms with Crippen molar-refractivity contribution in [1.82, 2.24) is 0 Å². The quantitative estimate of drug-likeness (QED) is 0.559. The molecule has 3 aromatic carbocycles. The molecule has 0 saturated carbocycles. The molecule has 1 nitrogen and oxygen atoms in total. The van der Waals surface area contributed by atoms with Crippen molar-refractivity contribution in [3.8, 4) is 28.3 Å². The Balaban J connectivity index is 2.04. The molecule has 0 saturated heterocycles. The molecule has 0 unspecified atom stereocenters. The molecule has 0 radical (unpaired) electrons. The standard InChI is InChI=1S/C23H21N/c1-15-5-11-23(18(4)17(15)3)21-10-12-22(16(2)13-21)20-8-6-19(14-24)7-9-20/h5-13H,1-4H3. The van der Waals surface area contributed by atoms with Crippen molar-refractivity contribution < 1.29 is 0 Å². The minimum Gasteiger partial charge on any atom is -0.192 e. The Kier molecular flexibility index (Phi) is 4.23. The third kappa shape index (κ3) is 2.84. The monoisotopic (exact) mass is 311 g/mol. The van der Waals surface area contributed by atoms with Crippen LogP contribution in [0.4, 0.5) is 0 Å². The van der Waals surface area contributed by atoms with Gasteiger partial charge in [0, 0.05) is 0 Å². The first-order valence-electron chi connectivity index (χ1n) is 8.19. The normalized spacial score (nSPS) is 10.5. The smallest absolute Gasteiger partial charge is 0.0991 e. The van der Waals surface area contributed by atoms with E-state index >= 15 is 0 Å². The molecule has 0 aliphatic rings. The van der Waals surface area contributed by atoms with Gasteiger partial charge >= 0.3 is 0 Å². The van der Waals surface area contributed by atoms with Crippen LogP contribution >= 0.6 is 0 Å². The summed E-state index contributed by atoms with van der Waals surface area (Å²) in [6.45, 7) is 8.69. The maximum atomic E-state index is 8.93. The van der Waals surface area contributed by atoms with Crippen LogP contribution in [0.5, 0.6) is 0 Å². The molecule has 0 atom stereocenters. The van der Waals surface area contributed by atoms with E-state index in [-0.39, 0.29) is 0 Å². The van der Waals surface area contributed by atoms with Gasteiger partial charge in [0.25, 0.3) is 0 Å². The van der Waals surface area contributed by atoms with E-state index in [4.69, 9.17) is 5.26 Å². The Labute approximate surface area is 144 Å². The minimum absolute atomic E-state index is 0.693. The molecule has 3 rings (SSSR count). The zero-order valence-corrected chi connectivity index (χ0v) is 14.6. The highest BCUT2D eigenvalue weighted by molar-refractivity contribution is 5.76. The first-order chi connectivity index (χ1) is 11.5. The zero-order valence-electron chi connectivity index (χ0n) is 14.6. The van der Waals surface area contributed by atoms with Gasteiger partial charge in [-0.2, -0.15) is 5.26 Å². The van der Waals surface area contributed by atoms with Crippen LogP contribution in [0.2, 0.25) is 0 Å². The van der Waals surface area contributed by atoms with E-state index in [9.17, 15) is 0 Å². The van der Waals surface area contributed by atoms with Crippen molar-refractivity contribution in [2.75, 3.05) is 0 Å². The second-order valence-electron chi connectivity index (χ2n) is 6.40. The van der Waals surface area contributed by atoms with E-state index in [2.05, 4.69) is 64.1 Å². The maximum Gasteiger partial charge on any atom is 0.0991 e. The number of nitriles is 1. The summed E-state index contributed by atoms with van der Waals surface area (Å²) < 4.78 is 0. The maximum absolute atomic E-state index is 8.93. The molecule has 0 aliphatic carbocycles. The van der Waals surface area contributed by atoms with Crippen LogP contribution in [0.3, 0.4) is 0 Å². The lowest BCUT2D eigenvalue weighted by Gasteiger charge is -2.14. The molecule has 0 amide bonds. The number of aryl methyl sites for hydroxylation is 2. The zero-order chi connectivity index (χ0) is 17.3. The molecule has 0 spiro atoms. The third-order valence-electron chi connectivity index (χ3n) is 4.92. The van der Waals surface area contributed by atoms with E-state index < -0.39 is 0 Å². The van der Waals surface area contributed by atoms with Crippen LogP contribution in [0.1, 0.15) is 27.8 Å². The molecule has 24 heavy (non-hydrogen) atoms. The highest BCUT2D eigenvalue weighted by atomic mass is 14.2. The predicted octanol–water partition coefficient (Wildman–Crippen LogP) is 6.13. The van der Waals surface area contributed by atoms with Gasteiger partial charge in [0.2, 0.25) is 0 Å². The molecule has 0 aromatic heterocycles. The summed E-state index contributed by atoms with van der Waals surface area (Å²) in [7, 11) is 0. The van der Waals surface area contributed by atoms with Gasteiger partial charge in [0.1, 0.15) is 0 Å². The second kappa shape index (κ2) is 6.34. The number of benzene rings is 3. The van der Waals surface area contributed by atoms with Gasteiger partial charge in [-0.1, -0.05) is 42.5 Å². The third-order valence-corrected chi connectivity index (χ3v) is 4.92. The highest BCUT2D eigenvalue weighted by Crippen LogP contribution is 2.32. The van der Waals surface area contributed by atoms with Gasteiger partial charge in [-0.3, -0.25) is 0 Å². The fourth-order valence-electron chi connectivity index (χ4n) is 3.15. The van der Waals surface area contributed by atoms with Crippen LogP contribution in [-0.4, -0.2) is 0 Å². The van der Waals surface area contributed by atoms with Crippen LogP contribution < -0.4 is 0 Å². The fourth-order valence-corrected chi connectivity index (χ4v) is 3.15. The van der Waals surface area contributed by atoms with E-state index in [1.165, 1.54) is 38.9 Å². The average Bonchev–Trinajstić information content (AvgIpc) is 2.60. The number of hydrogen-bond donors (Lipinski definition) is 0. The van der Waals surface area contributed by atoms with Crippen LogP contribution in [0, 0.1) is 39.0 Å². The van der Waals surface area contributed by atoms with Crippen LogP contribution in [0.15, 0.2) is 54.6 Å². The first-order valence-corrected chi connectivity index (χ1v) is 8.19. The van der Waals surface area contributed by atoms with Crippen LogP contribution in [0.25, 0.3) is 22.3 Å². The lowest BCUT2D eigenvalue weighted by atomic mass is 9.91. The van der Waals surface area contributed by atoms with Gasteiger partial charge in [-0.25, -0.2) is 0 Å². The first kappa shape index (κ1) is 16.0. The SMILES string of the molecule is Cc1cc(-c2ccc(C)c(C)c2C)ccc1-c1ccc(C#N)cc1. The molecular weight excluding hydrogens is 290 g/mol. The van der Waals surface area contributed by atoms with Gasteiger partial charge in [-0.05, 0) is 84.3 Å². The Morgan fingerprint density at radius 2 is 1.25 bits per heavy atom. The minimum atomic E-state index is 0.693. The summed E-state index contributed by atoms with van der Waals surface area (Å²) in [5.41, 5.74) is 10.9. The van der Waals surface area contributed by atoms with Crippen molar-refractivity contribution in [1.29, 1.82) is 5.26 Å². The second-order valence-corrected chi connectivity index (χ2v) is 6.40. The Morgan fingerprint density at radius 1 is 0.625 bits per heavy atom. The molecular formula is C23H21N. The number of rotatable bonds is 2. The van der Waals surface area contributed by atoms with Gasteiger partial charge in [-0.15, -0.1) is 0 Å². The van der Waals surface area contributed by atoms with Gasteiger partial charge in [0.15, 0.2) is 0 Å². The lowest BCUT2D eigenvalue weighted by molar-refractivity contribution is 1.27. The number of hydrogen-bond acceptors (Lipinski definition) is 1. The summed E-state index contributed by atoms with van der Waals surface area (Å²) in [6.07, 6.45) is 0. The molecule has 0 bridgehead atoms. The van der Waals surface area contributed by atoms with Crippen molar-refractivity contribution in [3.05, 3.63) is 82.4 Å². The van der Waals surface area contributed by atoms with Gasteiger partial charge < -0.3 is 0 Å². The summed E-state index contributed by atoms with van der Waals surface area (Å²) in [4.78, 5) is 0. The lowest BCUT2D eigenvalue weighted by Crippen LogP contribution is -1.92. The molecule has 3 aromatic rings. The van der Waals surface area contributed by atoms with E-state index in [1.807, 2.05) is 24.3 Å². The summed E-state index contributed by atoms with van der Waals surface area (Å²) in [5, 5.41) is 8.93. The largest absolute Gasteiger partial charge is 0.192 e. The topological polar surface area (TPSA) is 23.8 Å². The van der Waals surface area contributed by atoms with E-state index in [0.717, 1.165) is 5.56 Å². The van der Waals surface area contributed by atoms with Crippen molar-refractivity contribution in [2.45, 2.75) is 27.7 Å². The predicted molar refractivity (Wildman–Crippen MR) is 101 cm³/mol. The Bertz CT molecular complexity index is 941. The van der Waals surface area contributed by atoms with Crippen molar-refractivity contribution in [3.63, 3.8) is 0 Å². The van der Waals surface area contributed by atoms with Gasteiger partial charge in [0.05, 0.1) is 11.6 Å². The van der Waals surface area contributed by atoms with Crippen molar-refractivity contribution in [2.24, 2.45) is 0 Å².